The van der Waals surface area contributed by atoms with Crippen molar-refractivity contribution in [1.82, 2.24) is 10.7 Å². The van der Waals surface area contributed by atoms with Crippen molar-refractivity contribution in [2.24, 2.45) is 10.1 Å². The first-order valence-electron chi connectivity index (χ1n) is 9.71. The average Bonchev–Trinajstić information content (AvgIpc) is 3.17. The van der Waals surface area contributed by atoms with Gasteiger partial charge in [0, 0.05) is 0 Å². The molecule has 0 unspecified atom stereocenters. The summed E-state index contributed by atoms with van der Waals surface area (Å²) in [4.78, 5) is 17.9. The van der Waals surface area contributed by atoms with Crippen molar-refractivity contribution in [3.05, 3.63) is 95.6 Å². The van der Waals surface area contributed by atoms with E-state index in [1.807, 2.05) is 66.7 Å². The largest absolute Gasteiger partial charge is 0.493 e. The normalized spacial score (nSPS) is 14.8. The van der Waals surface area contributed by atoms with Gasteiger partial charge in [0.15, 0.2) is 17.0 Å². The molecule has 31 heavy (non-hydrogen) atoms. The Kier molecular flexibility index (Phi) is 5.66. The maximum absolute atomic E-state index is 13.1. The Morgan fingerprint density at radius 3 is 2.10 bits per heavy atom. The highest BCUT2D eigenvalue weighted by molar-refractivity contribution is 6.09. The Hall–Kier alpha value is -4.13. The quantitative estimate of drug-likeness (QED) is 0.480. The van der Waals surface area contributed by atoms with Crippen molar-refractivity contribution in [1.29, 1.82) is 0 Å². The van der Waals surface area contributed by atoms with Gasteiger partial charge >= 0.3 is 0 Å². The highest BCUT2D eigenvalue weighted by atomic mass is 16.5. The second-order valence-corrected chi connectivity index (χ2v) is 6.84. The zero-order chi connectivity index (χ0) is 21.7. The van der Waals surface area contributed by atoms with Gasteiger partial charge in [-0.1, -0.05) is 60.7 Å². The molecule has 0 atom stereocenters. The van der Waals surface area contributed by atoms with Crippen molar-refractivity contribution in [2.75, 3.05) is 14.2 Å². The van der Waals surface area contributed by atoms with Gasteiger partial charge < -0.3 is 9.47 Å². The Balaban J connectivity index is 1.63. The first-order chi connectivity index (χ1) is 15.2. The van der Waals surface area contributed by atoms with E-state index in [-0.39, 0.29) is 11.9 Å². The summed E-state index contributed by atoms with van der Waals surface area (Å²) in [6, 6.07) is 24.4. The summed E-state index contributed by atoms with van der Waals surface area (Å²) in [6.07, 6.45) is 1.61. The molecular formula is C24H22N4O3. The van der Waals surface area contributed by atoms with E-state index in [4.69, 9.17) is 14.5 Å². The van der Waals surface area contributed by atoms with Gasteiger partial charge in [0.25, 0.3) is 5.91 Å². The standard InChI is InChI=1S/C24H22N4O3/c1-30-20-14-13-17(15-21(20)31-2)16-25-28-23-26-22(29)24(27-23,18-9-5-3-6-10-18)19-11-7-4-8-12-19/h3-16H,1-2H3,(H2,26,27,28,29)/b25-16+. The van der Waals surface area contributed by atoms with Crippen LogP contribution >= 0.6 is 0 Å². The molecule has 0 radical (unpaired) electrons. The first kappa shape index (κ1) is 20.2. The van der Waals surface area contributed by atoms with Crippen LogP contribution < -0.4 is 20.2 Å². The van der Waals surface area contributed by atoms with E-state index in [0.717, 1.165) is 16.7 Å². The fourth-order valence-corrected chi connectivity index (χ4v) is 3.52. The average molecular weight is 414 g/mol. The van der Waals surface area contributed by atoms with E-state index in [1.165, 1.54) is 0 Å². The Labute approximate surface area is 180 Å². The molecule has 2 N–H and O–H groups in total. The number of hydrogen-bond donors (Lipinski definition) is 2. The van der Waals surface area contributed by atoms with Crippen LogP contribution in [0.25, 0.3) is 0 Å². The molecule has 0 spiro atoms. The van der Waals surface area contributed by atoms with Gasteiger partial charge in [-0.3, -0.25) is 10.1 Å². The van der Waals surface area contributed by atoms with E-state index in [9.17, 15) is 4.79 Å². The van der Waals surface area contributed by atoms with Gasteiger partial charge in [-0.05, 0) is 34.9 Å². The summed E-state index contributed by atoms with van der Waals surface area (Å²) in [5.74, 6) is 1.27. The molecule has 1 amide bonds. The molecule has 0 fully saturated rings. The highest BCUT2D eigenvalue weighted by Crippen LogP contribution is 2.36. The molecule has 0 aromatic heterocycles. The molecule has 0 saturated carbocycles. The third kappa shape index (κ3) is 3.85. The number of ether oxygens (including phenoxy) is 2. The number of methoxy groups -OCH3 is 2. The second kappa shape index (κ2) is 8.71. The topological polar surface area (TPSA) is 84.3 Å². The zero-order valence-electron chi connectivity index (χ0n) is 17.2. The number of hydrogen-bond acceptors (Lipinski definition) is 6. The Morgan fingerprint density at radius 1 is 0.903 bits per heavy atom. The second-order valence-electron chi connectivity index (χ2n) is 6.84. The van der Waals surface area contributed by atoms with Crippen LogP contribution in [0.15, 0.2) is 89.0 Å². The summed E-state index contributed by atoms with van der Waals surface area (Å²) in [5, 5.41) is 7.04. The number of carbonyl (C=O) groups excluding carboxylic acids is 1. The van der Waals surface area contributed by atoms with Crippen molar-refractivity contribution in [3.8, 4) is 11.5 Å². The SMILES string of the molecule is COc1ccc(/C=N/NC2=NC(c3ccccc3)(c3ccccc3)C(=O)N2)cc1OC. The molecule has 7 nitrogen and oxygen atoms in total. The van der Waals surface area contributed by atoms with E-state index >= 15 is 0 Å². The van der Waals surface area contributed by atoms with Crippen molar-refractivity contribution < 1.29 is 14.3 Å². The van der Waals surface area contributed by atoms with E-state index in [1.54, 1.807) is 32.6 Å². The highest BCUT2D eigenvalue weighted by Gasteiger charge is 2.46. The fourth-order valence-electron chi connectivity index (χ4n) is 3.52. The van der Waals surface area contributed by atoms with Crippen LogP contribution in [0.3, 0.4) is 0 Å². The maximum atomic E-state index is 13.1. The minimum atomic E-state index is -1.18. The van der Waals surface area contributed by atoms with Crippen LogP contribution in [0.4, 0.5) is 0 Å². The third-order valence-electron chi connectivity index (χ3n) is 5.01. The van der Waals surface area contributed by atoms with Crippen LogP contribution in [0, 0.1) is 0 Å². The smallest absolute Gasteiger partial charge is 0.264 e. The number of amides is 1. The van der Waals surface area contributed by atoms with Crippen LogP contribution in [0.5, 0.6) is 11.5 Å². The van der Waals surface area contributed by atoms with E-state index in [0.29, 0.717) is 11.5 Å². The number of benzene rings is 3. The molecule has 0 aliphatic carbocycles. The number of nitrogens with zero attached hydrogens (tertiary/aromatic N) is 2. The molecule has 0 saturated heterocycles. The molecule has 156 valence electrons. The maximum Gasteiger partial charge on any atom is 0.264 e. The lowest BCUT2D eigenvalue weighted by Gasteiger charge is -2.24. The lowest BCUT2D eigenvalue weighted by atomic mass is 9.83. The van der Waals surface area contributed by atoms with Crippen molar-refractivity contribution >= 4 is 18.1 Å². The molecule has 4 rings (SSSR count). The first-order valence-corrected chi connectivity index (χ1v) is 9.71. The predicted molar refractivity (Wildman–Crippen MR) is 120 cm³/mol. The van der Waals surface area contributed by atoms with E-state index < -0.39 is 5.54 Å². The van der Waals surface area contributed by atoms with Gasteiger partial charge in [0.1, 0.15) is 0 Å². The Bertz CT molecular complexity index is 1090. The van der Waals surface area contributed by atoms with Gasteiger partial charge in [-0.25, -0.2) is 10.4 Å². The number of rotatable bonds is 6. The lowest BCUT2D eigenvalue weighted by molar-refractivity contribution is -0.122. The molecule has 3 aromatic carbocycles. The summed E-state index contributed by atoms with van der Waals surface area (Å²) >= 11 is 0. The predicted octanol–water partition coefficient (Wildman–Crippen LogP) is 3.06. The Morgan fingerprint density at radius 2 is 1.52 bits per heavy atom. The molecule has 1 aliphatic heterocycles. The van der Waals surface area contributed by atoms with Gasteiger partial charge in [-0.2, -0.15) is 5.10 Å². The number of aliphatic imine (C=N–C) groups is 1. The fraction of sp³-hybridized carbons (Fsp3) is 0.125. The number of hydrazone groups is 1. The number of nitrogens with one attached hydrogen (secondary N) is 2. The molecule has 7 heteroatoms. The molecule has 1 heterocycles. The number of carbonyl (C=O) groups is 1. The summed E-state index contributed by atoms with van der Waals surface area (Å²) in [6.45, 7) is 0. The van der Waals surface area contributed by atoms with Crippen LogP contribution in [0.1, 0.15) is 16.7 Å². The van der Waals surface area contributed by atoms with Crippen molar-refractivity contribution in [2.45, 2.75) is 5.54 Å². The van der Waals surface area contributed by atoms with Crippen LogP contribution in [-0.4, -0.2) is 32.3 Å². The molecule has 3 aromatic rings. The summed E-state index contributed by atoms with van der Waals surface area (Å²) in [5.41, 5.74) is 4.01. The van der Waals surface area contributed by atoms with Gasteiger partial charge in [0.2, 0.25) is 5.96 Å². The van der Waals surface area contributed by atoms with Crippen LogP contribution in [-0.2, 0) is 10.3 Å². The van der Waals surface area contributed by atoms with Gasteiger partial charge in [0.05, 0.1) is 20.4 Å². The minimum Gasteiger partial charge on any atom is -0.493 e. The minimum absolute atomic E-state index is 0.242. The molecular weight excluding hydrogens is 392 g/mol. The molecule has 1 aliphatic rings. The summed E-state index contributed by atoms with van der Waals surface area (Å²) < 4.78 is 10.6. The zero-order valence-corrected chi connectivity index (χ0v) is 17.2. The van der Waals surface area contributed by atoms with E-state index in [2.05, 4.69) is 15.8 Å². The molecule has 0 bridgehead atoms. The lowest BCUT2D eigenvalue weighted by Crippen LogP contribution is -2.40. The monoisotopic (exact) mass is 414 g/mol. The number of guanidine groups is 1. The van der Waals surface area contributed by atoms with Crippen LogP contribution in [0.2, 0.25) is 0 Å². The summed E-state index contributed by atoms with van der Waals surface area (Å²) in [7, 11) is 3.16. The van der Waals surface area contributed by atoms with Crippen molar-refractivity contribution in [3.63, 3.8) is 0 Å². The third-order valence-corrected chi connectivity index (χ3v) is 5.01. The van der Waals surface area contributed by atoms with Gasteiger partial charge in [-0.15, -0.1) is 0 Å².